The first-order valence-electron chi connectivity index (χ1n) is 7.89. The van der Waals surface area contributed by atoms with Gasteiger partial charge in [0.15, 0.2) is 0 Å². The molecule has 2 aromatic rings. The number of halogens is 2. The number of hydrogen-bond acceptors (Lipinski definition) is 4. The predicted octanol–water partition coefficient (Wildman–Crippen LogP) is 3.13. The Bertz CT molecular complexity index is 661. The van der Waals surface area contributed by atoms with Crippen LogP contribution in [-0.4, -0.2) is 49.0 Å². The Hall–Kier alpha value is -1.82. The molecule has 1 amide bonds. The van der Waals surface area contributed by atoms with E-state index in [1.165, 1.54) is 0 Å². The molecular formula is C18H24Cl2N4O. The average molecular weight is 383 g/mol. The third-order valence-corrected chi connectivity index (χ3v) is 4.38. The highest BCUT2D eigenvalue weighted by atomic mass is 35.5. The summed E-state index contributed by atoms with van der Waals surface area (Å²) in [6, 6.07) is 14.0. The quantitative estimate of drug-likeness (QED) is 0.882. The molecule has 5 nitrogen and oxygen atoms in total. The van der Waals surface area contributed by atoms with Gasteiger partial charge in [-0.25, -0.2) is 4.98 Å². The van der Waals surface area contributed by atoms with Crippen molar-refractivity contribution >= 4 is 42.2 Å². The fourth-order valence-electron chi connectivity index (χ4n) is 2.83. The zero-order valence-corrected chi connectivity index (χ0v) is 16.0. The van der Waals surface area contributed by atoms with Gasteiger partial charge in [0, 0.05) is 38.6 Å². The normalized spacial score (nSPS) is 15.7. The molecule has 0 spiro atoms. The second-order valence-corrected chi connectivity index (χ2v) is 5.86. The number of aromatic nitrogens is 1. The molecule has 1 fully saturated rings. The highest BCUT2D eigenvalue weighted by Crippen LogP contribution is 2.21. The summed E-state index contributed by atoms with van der Waals surface area (Å²) in [7, 11) is 3.83. The Morgan fingerprint density at radius 1 is 1.12 bits per heavy atom. The van der Waals surface area contributed by atoms with E-state index in [2.05, 4.69) is 10.3 Å². The number of anilines is 2. The lowest BCUT2D eigenvalue weighted by Gasteiger charge is -2.24. The van der Waals surface area contributed by atoms with E-state index in [0.29, 0.717) is 5.56 Å². The minimum absolute atomic E-state index is 0. The smallest absolute Gasteiger partial charge is 0.255 e. The highest BCUT2D eigenvalue weighted by Gasteiger charge is 2.24. The molecule has 0 aliphatic carbocycles. The molecule has 1 aromatic carbocycles. The summed E-state index contributed by atoms with van der Waals surface area (Å²) in [5.74, 6) is 0.845. The van der Waals surface area contributed by atoms with E-state index in [0.717, 1.165) is 31.0 Å². The van der Waals surface area contributed by atoms with Crippen molar-refractivity contribution in [1.29, 1.82) is 0 Å². The van der Waals surface area contributed by atoms with Crippen LogP contribution in [0.2, 0.25) is 0 Å². The van der Waals surface area contributed by atoms with E-state index < -0.39 is 0 Å². The molecule has 1 aliphatic rings. The van der Waals surface area contributed by atoms with Gasteiger partial charge in [-0.05, 0) is 37.2 Å². The summed E-state index contributed by atoms with van der Waals surface area (Å²) in [5, 5.41) is 3.29. The molecule has 2 heterocycles. The van der Waals surface area contributed by atoms with Crippen molar-refractivity contribution in [2.75, 3.05) is 32.1 Å². The maximum Gasteiger partial charge on any atom is 0.255 e. The number of benzene rings is 1. The van der Waals surface area contributed by atoms with Crippen LogP contribution in [-0.2, 0) is 0 Å². The topological polar surface area (TPSA) is 48.5 Å². The number of hydrogen-bond donors (Lipinski definition) is 1. The lowest BCUT2D eigenvalue weighted by Crippen LogP contribution is -2.38. The van der Waals surface area contributed by atoms with Crippen LogP contribution >= 0.6 is 24.8 Å². The van der Waals surface area contributed by atoms with Crippen LogP contribution < -0.4 is 10.2 Å². The second-order valence-electron chi connectivity index (χ2n) is 5.86. The van der Waals surface area contributed by atoms with Gasteiger partial charge < -0.3 is 15.1 Å². The number of carbonyl (C=O) groups excluding carboxylic acids is 1. The minimum Gasteiger partial charge on any atom is -0.337 e. The van der Waals surface area contributed by atoms with Crippen molar-refractivity contribution in [3.05, 3.63) is 54.2 Å². The number of para-hydroxylation sites is 1. The van der Waals surface area contributed by atoms with Gasteiger partial charge in [-0.1, -0.05) is 18.2 Å². The SMILES string of the molecule is CN(c1ccccc1)c1ccc(C(=O)N(C)C2CCNC2)cn1.Cl.Cl. The van der Waals surface area contributed by atoms with E-state index in [9.17, 15) is 4.79 Å². The number of likely N-dealkylation sites (N-methyl/N-ethyl adjacent to an activating group) is 1. The molecule has 1 aliphatic heterocycles. The molecule has 1 atom stereocenters. The molecule has 1 N–H and O–H groups in total. The molecule has 3 rings (SSSR count). The molecule has 7 heteroatoms. The van der Waals surface area contributed by atoms with Crippen molar-refractivity contribution in [1.82, 2.24) is 15.2 Å². The number of amides is 1. The van der Waals surface area contributed by atoms with Gasteiger partial charge in [-0.2, -0.15) is 0 Å². The Kier molecular flexibility index (Phi) is 8.16. The van der Waals surface area contributed by atoms with E-state index in [-0.39, 0.29) is 36.8 Å². The third kappa shape index (κ3) is 4.84. The van der Waals surface area contributed by atoms with Crippen molar-refractivity contribution in [3.63, 3.8) is 0 Å². The van der Waals surface area contributed by atoms with Gasteiger partial charge in [0.1, 0.15) is 5.82 Å². The summed E-state index contributed by atoms with van der Waals surface area (Å²) in [6.45, 7) is 1.84. The first-order valence-corrected chi connectivity index (χ1v) is 7.89. The summed E-state index contributed by atoms with van der Waals surface area (Å²) < 4.78 is 0. The zero-order valence-electron chi connectivity index (χ0n) is 14.4. The fraction of sp³-hybridized carbons (Fsp3) is 0.333. The summed E-state index contributed by atoms with van der Waals surface area (Å²) in [5.41, 5.74) is 1.69. The molecule has 1 saturated heterocycles. The van der Waals surface area contributed by atoms with Gasteiger partial charge in [0.05, 0.1) is 5.56 Å². The van der Waals surface area contributed by atoms with E-state index in [4.69, 9.17) is 0 Å². The molecule has 136 valence electrons. The van der Waals surface area contributed by atoms with Crippen LogP contribution in [0.3, 0.4) is 0 Å². The van der Waals surface area contributed by atoms with Gasteiger partial charge >= 0.3 is 0 Å². The fourth-order valence-corrected chi connectivity index (χ4v) is 2.83. The van der Waals surface area contributed by atoms with Gasteiger partial charge in [-0.15, -0.1) is 24.8 Å². The average Bonchev–Trinajstić information content (AvgIpc) is 3.15. The Morgan fingerprint density at radius 2 is 1.84 bits per heavy atom. The largest absolute Gasteiger partial charge is 0.337 e. The number of pyridine rings is 1. The lowest BCUT2D eigenvalue weighted by molar-refractivity contribution is 0.0743. The van der Waals surface area contributed by atoms with Crippen LogP contribution in [0.5, 0.6) is 0 Å². The number of carbonyl (C=O) groups is 1. The van der Waals surface area contributed by atoms with Crippen LogP contribution in [0.1, 0.15) is 16.8 Å². The van der Waals surface area contributed by atoms with Crippen molar-refractivity contribution in [2.45, 2.75) is 12.5 Å². The molecule has 25 heavy (non-hydrogen) atoms. The summed E-state index contributed by atoms with van der Waals surface area (Å²) in [6.07, 6.45) is 2.67. The van der Waals surface area contributed by atoms with Crippen LogP contribution in [0.15, 0.2) is 48.7 Å². The summed E-state index contributed by atoms with van der Waals surface area (Å²) >= 11 is 0. The standard InChI is InChI=1S/C18H22N4O.2ClH/c1-21(15-6-4-3-5-7-15)17-9-8-14(12-20-17)18(23)22(2)16-10-11-19-13-16;;/h3-9,12,16,19H,10-11,13H2,1-2H3;2*1H. The molecule has 0 bridgehead atoms. The maximum absolute atomic E-state index is 12.5. The molecule has 1 unspecified atom stereocenters. The van der Waals surface area contributed by atoms with Crippen molar-refractivity contribution in [3.8, 4) is 0 Å². The molecular weight excluding hydrogens is 359 g/mol. The summed E-state index contributed by atoms with van der Waals surface area (Å²) in [4.78, 5) is 20.8. The van der Waals surface area contributed by atoms with E-state index >= 15 is 0 Å². The number of rotatable bonds is 4. The lowest BCUT2D eigenvalue weighted by atomic mass is 10.2. The van der Waals surface area contributed by atoms with Gasteiger partial charge in [0.25, 0.3) is 5.91 Å². The maximum atomic E-state index is 12.5. The van der Waals surface area contributed by atoms with Gasteiger partial charge in [0.2, 0.25) is 0 Å². The van der Waals surface area contributed by atoms with Crippen molar-refractivity contribution in [2.24, 2.45) is 0 Å². The predicted molar refractivity (Wildman–Crippen MR) is 107 cm³/mol. The zero-order chi connectivity index (χ0) is 16.2. The Morgan fingerprint density at radius 3 is 2.40 bits per heavy atom. The number of nitrogens with one attached hydrogen (secondary N) is 1. The third-order valence-electron chi connectivity index (χ3n) is 4.38. The van der Waals surface area contributed by atoms with Crippen LogP contribution in [0, 0.1) is 0 Å². The van der Waals surface area contributed by atoms with Crippen molar-refractivity contribution < 1.29 is 4.79 Å². The van der Waals surface area contributed by atoms with E-state index in [1.807, 2.05) is 66.4 Å². The monoisotopic (exact) mass is 382 g/mol. The van der Waals surface area contributed by atoms with Crippen LogP contribution in [0.4, 0.5) is 11.5 Å². The van der Waals surface area contributed by atoms with E-state index in [1.54, 1.807) is 6.20 Å². The second kappa shape index (κ2) is 9.61. The number of nitrogens with zero attached hydrogens (tertiary/aromatic N) is 3. The first-order chi connectivity index (χ1) is 11.2. The first kappa shape index (κ1) is 21.2. The molecule has 0 radical (unpaired) electrons. The highest BCUT2D eigenvalue weighted by molar-refractivity contribution is 5.94. The minimum atomic E-state index is 0. The Balaban J connectivity index is 0.00000156. The Labute approximate surface area is 161 Å². The molecule has 1 aromatic heterocycles. The van der Waals surface area contributed by atoms with Crippen LogP contribution in [0.25, 0.3) is 0 Å². The molecule has 0 saturated carbocycles. The van der Waals surface area contributed by atoms with Gasteiger partial charge in [-0.3, -0.25) is 4.79 Å².